The van der Waals surface area contributed by atoms with Crippen LogP contribution < -0.4 is 11.5 Å². The molecule has 100 valence electrons. The topological polar surface area (TPSA) is 190 Å². The van der Waals surface area contributed by atoms with E-state index in [1.807, 2.05) is 0 Å². The number of rotatable bonds is 0. The fraction of sp³-hybridized carbons (Fsp3) is 1.00. The standard InChI is InChI=1S/C5H11N.H3N.H2O4S.2H2O.Pt/c1-2-4-6-5-3-1;;1-5(2,3)4;;;/h6H,1-5H2;1H3;(H2,1,2,3,4);2*1H2;/q;;;;;+2/p-2. The van der Waals surface area contributed by atoms with Crippen LogP contribution >= 0.6 is 0 Å². The summed E-state index contributed by atoms with van der Waals surface area (Å²) in [5.74, 6) is 0. The van der Waals surface area contributed by atoms with E-state index in [0.717, 1.165) is 0 Å². The average molecular weight is 429 g/mol. The Kier molecular flexibility index (Phi) is 33.1. The Hall–Kier alpha value is 0.398. The van der Waals surface area contributed by atoms with Gasteiger partial charge >= 0.3 is 21.1 Å². The van der Waals surface area contributed by atoms with E-state index in [1.54, 1.807) is 0 Å². The summed E-state index contributed by atoms with van der Waals surface area (Å²) in [7, 11) is -5.17. The van der Waals surface area contributed by atoms with Crippen molar-refractivity contribution in [3.8, 4) is 0 Å². The zero-order valence-electron chi connectivity index (χ0n) is 8.10. The fourth-order valence-corrected chi connectivity index (χ4v) is 0.802. The van der Waals surface area contributed by atoms with Crippen LogP contribution in [0.4, 0.5) is 0 Å². The third kappa shape index (κ3) is 54.1. The molecule has 0 radical (unpaired) electrons. The Balaban J connectivity index is -0.0000000356. The van der Waals surface area contributed by atoms with Crippen molar-refractivity contribution >= 4 is 10.4 Å². The van der Waals surface area contributed by atoms with E-state index >= 15 is 0 Å². The van der Waals surface area contributed by atoms with Crippen LogP contribution in [0.2, 0.25) is 0 Å². The summed E-state index contributed by atoms with van der Waals surface area (Å²) in [4.78, 5) is 0. The zero-order chi connectivity index (χ0) is 8.74. The summed E-state index contributed by atoms with van der Waals surface area (Å²) < 4.78 is 34.1. The van der Waals surface area contributed by atoms with Gasteiger partial charge in [0.1, 0.15) is 0 Å². The van der Waals surface area contributed by atoms with Crippen molar-refractivity contribution in [3.63, 3.8) is 0 Å². The van der Waals surface area contributed by atoms with Gasteiger partial charge in [-0.3, -0.25) is 8.42 Å². The van der Waals surface area contributed by atoms with Gasteiger partial charge in [0.25, 0.3) is 0 Å². The van der Waals surface area contributed by atoms with Gasteiger partial charge in [-0.1, -0.05) is 6.42 Å². The second-order valence-corrected chi connectivity index (χ2v) is 3.04. The van der Waals surface area contributed by atoms with Gasteiger partial charge < -0.3 is 31.5 Å². The first-order valence-electron chi connectivity index (χ1n) is 3.37. The maximum absolute atomic E-state index is 8.52. The molecule has 0 spiro atoms. The first-order valence-corrected chi connectivity index (χ1v) is 4.71. The van der Waals surface area contributed by atoms with Gasteiger partial charge in [-0.25, -0.2) is 0 Å². The number of hydrogen-bond donors (Lipinski definition) is 2. The molecule has 15 heavy (non-hydrogen) atoms. The first kappa shape index (κ1) is 29.5. The van der Waals surface area contributed by atoms with Crippen LogP contribution in [0.1, 0.15) is 19.3 Å². The van der Waals surface area contributed by atoms with Gasteiger partial charge in [-0.15, -0.1) is 0 Å². The smallest absolute Gasteiger partial charge is 0.759 e. The molecule has 1 aliphatic heterocycles. The minimum absolute atomic E-state index is 0. The van der Waals surface area contributed by atoms with Crippen LogP contribution in [0.25, 0.3) is 0 Å². The van der Waals surface area contributed by atoms with Gasteiger partial charge in [0.15, 0.2) is 0 Å². The fourth-order valence-electron chi connectivity index (χ4n) is 0.802. The molecule has 0 aromatic rings. The predicted octanol–water partition coefficient (Wildman–Crippen LogP) is -2.07. The Bertz CT molecular complexity index is 164. The van der Waals surface area contributed by atoms with Crippen molar-refractivity contribution in [1.29, 1.82) is 0 Å². The van der Waals surface area contributed by atoms with E-state index in [1.165, 1.54) is 32.4 Å². The van der Waals surface area contributed by atoms with E-state index in [4.69, 9.17) is 17.5 Å². The van der Waals surface area contributed by atoms with Crippen molar-refractivity contribution in [2.45, 2.75) is 19.3 Å². The first-order chi connectivity index (χ1) is 5.00. The van der Waals surface area contributed by atoms with Crippen molar-refractivity contribution in [1.82, 2.24) is 11.5 Å². The number of piperidine rings is 1. The summed E-state index contributed by atoms with van der Waals surface area (Å²) in [6.45, 7) is 2.50. The number of nitrogens with one attached hydrogen (secondary N) is 1. The number of hydrogen-bond acceptors (Lipinski definition) is 6. The van der Waals surface area contributed by atoms with E-state index < -0.39 is 10.4 Å². The molecule has 0 aliphatic carbocycles. The summed E-state index contributed by atoms with van der Waals surface area (Å²) in [5.41, 5.74) is 0. The summed E-state index contributed by atoms with van der Waals surface area (Å²) in [6.07, 6.45) is 4.22. The Labute approximate surface area is 104 Å². The Morgan fingerprint density at radius 2 is 1.20 bits per heavy atom. The molecule has 1 heterocycles. The van der Waals surface area contributed by atoms with Gasteiger partial charge in [0, 0.05) is 10.4 Å². The van der Waals surface area contributed by atoms with E-state index in [-0.39, 0.29) is 38.2 Å². The predicted molar refractivity (Wildman–Crippen MR) is 49.4 cm³/mol. The van der Waals surface area contributed by atoms with E-state index in [0.29, 0.717) is 0 Å². The molecule has 0 saturated carbocycles. The van der Waals surface area contributed by atoms with Crippen LogP contribution in [0, 0.1) is 0 Å². The Morgan fingerprint density at radius 1 is 0.933 bits per heavy atom. The molecular weight excluding hydrogens is 411 g/mol. The molecule has 0 aromatic heterocycles. The molecule has 0 atom stereocenters. The van der Waals surface area contributed by atoms with Crippen LogP contribution in [0.3, 0.4) is 0 Å². The molecule has 1 rings (SSSR count). The zero-order valence-corrected chi connectivity index (χ0v) is 11.2. The summed E-state index contributed by atoms with van der Waals surface area (Å²) in [6, 6.07) is 0. The molecule has 0 bridgehead atoms. The van der Waals surface area contributed by atoms with Crippen LogP contribution in [0.5, 0.6) is 0 Å². The summed E-state index contributed by atoms with van der Waals surface area (Å²) >= 11 is 0. The van der Waals surface area contributed by atoms with Gasteiger partial charge in [0.2, 0.25) is 0 Å². The van der Waals surface area contributed by atoms with Crippen molar-refractivity contribution in [2.75, 3.05) is 13.1 Å². The molecule has 0 amide bonds. The van der Waals surface area contributed by atoms with Crippen molar-refractivity contribution in [3.05, 3.63) is 0 Å². The third-order valence-corrected chi connectivity index (χ3v) is 1.21. The molecule has 0 unspecified atom stereocenters. The van der Waals surface area contributed by atoms with Gasteiger partial charge in [0.05, 0.1) is 0 Å². The largest absolute Gasteiger partial charge is 2.00 e. The van der Waals surface area contributed by atoms with Crippen LogP contribution in [0.15, 0.2) is 0 Å². The summed E-state index contributed by atoms with van der Waals surface area (Å²) in [5, 5.41) is 3.28. The minimum Gasteiger partial charge on any atom is -0.759 e. The second kappa shape index (κ2) is 16.8. The quantitative estimate of drug-likeness (QED) is 0.328. The molecule has 10 heteroatoms. The minimum atomic E-state index is -5.17. The molecule has 1 saturated heterocycles. The third-order valence-electron chi connectivity index (χ3n) is 1.21. The maximum atomic E-state index is 8.52. The monoisotopic (exact) mass is 429 g/mol. The molecule has 1 aliphatic rings. The second-order valence-electron chi connectivity index (χ2n) is 2.22. The molecule has 8 nitrogen and oxygen atoms in total. The van der Waals surface area contributed by atoms with Gasteiger partial charge in [-0.2, -0.15) is 0 Å². The van der Waals surface area contributed by atoms with E-state index in [2.05, 4.69) is 5.32 Å². The van der Waals surface area contributed by atoms with Crippen LogP contribution in [-0.2, 0) is 31.5 Å². The van der Waals surface area contributed by atoms with Crippen molar-refractivity contribution < 1.29 is 49.5 Å². The SMILES string of the molecule is C1CCNCC1.N.O.O.O=S(=O)([O-])[O-].[Pt+2]. The maximum Gasteiger partial charge on any atom is 2.00 e. The van der Waals surface area contributed by atoms with E-state index in [9.17, 15) is 0 Å². The molecular formula is C5H18N2O6PtS. The normalized spacial score (nSPS) is 13.5. The van der Waals surface area contributed by atoms with Crippen molar-refractivity contribution in [2.24, 2.45) is 0 Å². The molecule has 1 fully saturated rings. The molecule has 8 N–H and O–H groups in total. The Morgan fingerprint density at radius 3 is 1.27 bits per heavy atom. The van der Waals surface area contributed by atoms with Crippen LogP contribution in [-0.4, -0.2) is 41.6 Å². The van der Waals surface area contributed by atoms with Gasteiger partial charge in [-0.05, 0) is 25.9 Å². The molecule has 0 aromatic carbocycles. The average Bonchev–Trinajstić information content (AvgIpc) is 1.88.